The predicted octanol–water partition coefficient (Wildman–Crippen LogP) is 3.43. The molecule has 0 saturated carbocycles. The van der Waals surface area contributed by atoms with Crippen LogP contribution in [0.2, 0.25) is 0 Å². The summed E-state index contributed by atoms with van der Waals surface area (Å²) in [5, 5.41) is 12.4. The average Bonchev–Trinajstić information content (AvgIpc) is 3.23. The van der Waals surface area contributed by atoms with Gasteiger partial charge in [-0.25, -0.2) is 0 Å². The third-order valence-corrected chi connectivity index (χ3v) is 5.57. The molecule has 0 radical (unpaired) electrons. The molecule has 1 unspecified atom stereocenters. The number of carbonyl (C=O) groups excluding carboxylic acids is 2. The lowest BCUT2D eigenvalue weighted by Crippen LogP contribution is -2.24. The number of anilines is 2. The molecule has 3 rings (SSSR count). The van der Waals surface area contributed by atoms with Crippen molar-refractivity contribution >= 4 is 34.0 Å². The Balaban J connectivity index is 1.67. The molecule has 7 heteroatoms. The van der Waals surface area contributed by atoms with Crippen molar-refractivity contribution < 1.29 is 9.59 Å². The summed E-state index contributed by atoms with van der Waals surface area (Å²) in [5.74, 6) is 0.0908. The molecule has 2 amide bonds. The molecular weight excluding hydrogens is 336 g/mol. The molecule has 1 aliphatic heterocycles. The van der Waals surface area contributed by atoms with Crippen LogP contribution in [-0.2, 0) is 9.59 Å². The normalized spacial score (nSPS) is 17.3. The average molecular weight is 358 g/mol. The number of benzene rings is 1. The first-order valence-electron chi connectivity index (χ1n) is 8.62. The molecular formula is C18H22N4O2S. The second-order valence-corrected chi connectivity index (χ2v) is 7.20. The Bertz CT molecular complexity index is 743. The minimum Gasteiger partial charge on any atom is -0.312 e. The molecule has 0 bridgehead atoms. The second-order valence-electron chi connectivity index (χ2n) is 6.19. The van der Waals surface area contributed by atoms with Crippen LogP contribution in [0.15, 0.2) is 30.3 Å². The first kappa shape index (κ1) is 17.5. The van der Waals surface area contributed by atoms with Gasteiger partial charge in [-0.3, -0.25) is 9.59 Å². The van der Waals surface area contributed by atoms with Crippen molar-refractivity contribution in [2.24, 2.45) is 5.92 Å². The van der Waals surface area contributed by atoms with Crippen molar-refractivity contribution in [2.45, 2.75) is 39.0 Å². The van der Waals surface area contributed by atoms with Crippen molar-refractivity contribution in [3.05, 3.63) is 35.3 Å². The van der Waals surface area contributed by atoms with Crippen LogP contribution >= 0.6 is 11.3 Å². The van der Waals surface area contributed by atoms with Crippen molar-refractivity contribution in [3.63, 3.8) is 0 Å². The third-order valence-electron chi connectivity index (χ3n) is 4.57. The van der Waals surface area contributed by atoms with E-state index >= 15 is 0 Å². The molecule has 1 atom stereocenters. The van der Waals surface area contributed by atoms with Crippen molar-refractivity contribution in [1.82, 2.24) is 10.2 Å². The van der Waals surface area contributed by atoms with Gasteiger partial charge < -0.3 is 10.2 Å². The fourth-order valence-corrected chi connectivity index (χ4v) is 3.89. The molecule has 1 fully saturated rings. The van der Waals surface area contributed by atoms with Crippen LogP contribution in [0.1, 0.15) is 44.0 Å². The Hall–Kier alpha value is -2.28. The molecule has 0 spiro atoms. The molecule has 25 heavy (non-hydrogen) atoms. The lowest BCUT2D eigenvalue weighted by Gasteiger charge is -2.15. The molecule has 0 aliphatic carbocycles. The van der Waals surface area contributed by atoms with Gasteiger partial charge in [0.2, 0.25) is 16.9 Å². The zero-order chi connectivity index (χ0) is 17.8. The topological polar surface area (TPSA) is 75.2 Å². The van der Waals surface area contributed by atoms with Gasteiger partial charge in [0.05, 0.1) is 0 Å². The fraction of sp³-hybridized carbons (Fsp3) is 0.444. The number of amides is 2. The number of hydrogen-bond donors (Lipinski definition) is 1. The molecule has 2 heterocycles. The molecule has 6 nitrogen and oxygen atoms in total. The summed E-state index contributed by atoms with van der Waals surface area (Å²) in [6.45, 7) is 4.60. The van der Waals surface area contributed by atoms with Gasteiger partial charge in [-0.2, -0.15) is 0 Å². The SMILES string of the molecule is CCC(CC)C(=O)Nc1nnc(C2CC(=O)N(c3ccccc3)C2)s1. The minimum absolute atomic E-state index is 0.00557. The van der Waals surface area contributed by atoms with E-state index in [1.807, 2.05) is 44.2 Å². The number of hydrogen-bond acceptors (Lipinski definition) is 5. The van der Waals surface area contributed by atoms with Crippen LogP contribution in [0.3, 0.4) is 0 Å². The smallest absolute Gasteiger partial charge is 0.229 e. The van der Waals surface area contributed by atoms with Crippen LogP contribution in [0.5, 0.6) is 0 Å². The number of nitrogens with one attached hydrogen (secondary N) is 1. The lowest BCUT2D eigenvalue weighted by atomic mass is 10.0. The Morgan fingerprint density at radius 2 is 2.00 bits per heavy atom. The third kappa shape index (κ3) is 3.87. The van der Waals surface area contributed by atoms with Crippen molar-refractivity contribution in [1.29, 1.82) is 0 Å². The summed E-state index contributed by atoms with van der Waals surface area (Å²) in [7, 11) is 0. The summed E-state index contributed by atoms with van der Waals surface area (Å²) in [6.07, 6.45) is 2.03. The number of para-hydroxylation sites is 1. The highest BCUT2D eigenvalue weighted by Crippen LogP contribution is 2.34. The maximum absolute atomic E-state index is 12.3. The maximum atomic E-state index is 12.3. The first-order chi connectivity index (χ1) is 12.1. The van der Waals surface area contributed by atoms with Gasteiger partial charge in [0.15, 0.2) is 0 Å². The van der Waals surface area contributed by atoms with E-state index in [4.69, 9.17) is 0 Å². The fourth-order valence-electron chi connectivity index (χ4n) is 3.05. The molecule has 132 valence electrons. The van der Waals surface area contributed by atoms with Crippen LogP contribution < -0.4 is 10.2 Å². The molecule has 2 aromatic rings. The largest absolute Gasteiger partial charge is 0.312 e. The van der Waals surface area contributed by atoms with E-state index in [1.54, 1.807) is 4.90 Å². The van der Waals surface area contributed by atoms with Gasteiger partial charge in [-0.05, 0) is 25.0 Å². The zero-order valence-electron chi connectivity index (χ0n) is 14.4. The van der Waals surface area contributed by atoms with Crippen molar-refractivity contribution in [2.75, 3.05) is 16.8 Å². The highest BCUT2D eigenvalue weighted by Gasteiger charge is 2.34. The summed E-state index contributed by atoms with van der Waals surface area (Å²) >= 11 is 1.36. The standard InChI is InChI=1S/C18H22N4O2S/c1-3-12(4-2)16(24)19-18-21-20-17(25-18)13-10-15(23)22(11-13)14-8-6-5-7-9-14/h5-9,12-13H,3-4,10-11H2,1-2H3,(H,19,21,24). The van der Waals surface area contributed by atoms with E-state index in [1.165, 1.54) is 11.3 Å². The highest BCUT2D eigenvalue weighted by atomic mass is 32.1. The van der Waals surface area contributed by atoms with Crippen LogP contribution in [0.25, 0.3) is 0 Å². The summed E-state index contributed by atoms with van der Waals surface area (Å²) in [4.78, 5) is 26.3. The number of aromatic nitrogens is 2. The quantitative estimate of drug-likeness (QED) is 0.858. The predicted molar refractivity (Wildman–Crippen MR) is 98.8 cm³/mol. The van der Waals surface area contributed by atoms with Gasteiger partial charge in [0.25, 0.3) is 0 Å². The van der Waals surface area contributed by atoms with E-state index in [2.05, 4.69) is 15.5 Å². The van der Waals surface area contributed by atoms with Gasteiger partial charge in [0, 0.05) is 30.5 Å². The van der Waals surface area contributed by atoms with E-state index < -0.39 is 0 Å². The molecule has 1 aromatic carbocycles. The van der Waals surface area contributed by atoms with Gasteiger partial charge in [-0.1, -0.05) is 43.4 Å². The van der Waals surface area contributed by atoms with Gasteiger partial charge in [-0.15, -0.1) is 10.2 Å². The number of rotatable bonds is 6. The van der Waals surface area contributed by atoms with E-state index in [-0.39, 0.29) is 23.7 Å². The van der Waals surface area contributed by atoms with Crippen LogP contribution in [0.4, 0.5) is 10.8 Å². The number of carbonyl (C=O) groups is 2. The Morgan fingerprint density at radius 3 is 2.68 bits per heavy atom. The lowest BCUT2D eigenvalue weighted by molar-refractivity contribution is -0.120. The number of nitrogens with zero attached hydrogens (tertiary/aromatic N) is 3. The van der Waals surface area contributed by atoms with Crippen LogP contribution in [-0.4, -0.2) is 28.6 Å². The molecule has 1 N–H and O–H groups in total. The first-order valence-corrected chi connectivity index (χ1v) is 9.43. The highest BCUT2D eigenvalue weighted by molar-refractivity contribution is 7.15. The summed E-state index contributed by atoms with van der Waals surface area (Å²) in [5.41, 5.74) is 0.904. The second kappa shape index (κ2) is 7.74. The van der Waals surface area contributed by atoms with Gasteiger partial charge in [0.1, 0.15) is 5.01 Å². The monoisotopic (exact) mass is 358 g/mol. The summed E-state index contributed by atoms with van der Waals surface area (Å²) in [6, 6.07) is 9.64. The minimum atomic E-state index is -0.0129. The van der Waals surface area contributed by atoms with Gasteiger partial charge >= 0.3 is 0 Å². The van der Waals surface area contributed by atoms with E-state index in [9.17, 15) is 9.59 Å². The Labute approximate surface area is 151 Å². The Morgan fingerprint density at radius 1 is 1.28 bits per heavy atom. The molecule has 1 saturated heterocycles. The Kier molecular flexibility index (Phi) is 5.43. The summed E-state index contributed by atoms with van der Waals surface area (Å²) < 4.78 is 0. The zero-order valence-corrected chi connectivity index (χ0v) is 15.3. The van der Waals surface area contributed by atoms with E-state index in [0.717, 1.165) is 23.5 Å². The van der Waals surface area contributed by atoms with Crippen LogP contribution in [0, 0.1) is 5.92 Å². The molecule has 1 aromatic heterocycles. The molecule has 1 aliphatic rings. The van der Waals surface area contributed by atoms with Crippen molar-refractivity contribution in [3.8, 4) is 0 Å². The maximum Gasteiger partial charge on any atom is 0.229 e. The van der Waals surface area contributed by atoms with E-state index in [0.29, 0.717) is 18.1 Å².